The second-order valence-corrected chi connectivity index (χ2v) is 5.76. The first-order valence-electron chi connectivity index (χ1n) is 8.16. The Hall–Kier alpha value is -1.65. The van der Waals surface area contributed by atoms with Crippen molar-refractivity contribution < 1.29 is 18.3 Å². The Morgan fingerprint density at radius 3 is 2.62 bits per heavy atom. The third kappa shape index (κ3) is 9.16. The SMILES string of the molecule is CCC(C)NC(=NCC(=O)N(C)C)NCCOc1ccc(F)cc1F.I. The van der Waals surface area contributed by atoms with Crippen LogP contribution in [0.2, 0.25) is 0 Å². The van der Waals surface area contributed by atoms with E-state index in [4.69, 9.17) is 4.74 Å². The first kappa shape index (κ1) is 24.4. The van der Waals surface area contributed by atoms with E-state index in [1.807, 2.05) is 13.8 Å². The van der Waals surface area contributed by atoms with Crippen LogP contribution in [0.1, 0.15) is 20.3 Å². The molecule has 0 heterocycles. The van der Waals surface area contributed by atoms with Gasteiger partial charge in [0.25, 0.3) is 0 Å². The fourth-order valence-electron chi connectivity index (χ4n) is 1.70. The van der Waals surface area contributed by atoms with Crippen molar-refractivity contribution in [1.29, 1.82) is 0 Å². The number of benzene rings is 1. The highest BCUT2D eigenvalue weighted by molar-refractivity contribution is 14.0. The van der Waals surface area contributed by atoms with E-state index in [1.165, 1.54) is 11.0 Å². The lowest BCUT2D eigenvalue weighted by atomic mass is 10.3. The van der Waals surface area contributed by atoms with Gasteiger partial charge < -0.3 is 20.3 Å². The number of ether oxygens (including phenoxy) is 1. The molecule has 1 aromatic rings. The Labute approximate surface area is 170 Å². The quantitative estimate of drug-likeness (QED) is 0.258. The average molecular weight is 484 g/mol. The molecule has 6 nitrogen and oxygen atoms in total. The normalized spacial score (nSPS) is 12.0. The Bertz CT molecular complexity index is 600. The lowest BCUT2D eigenvalue weighted by molar-refractivity contribution is -0.127. The van der Waals surface area contributed by atoms with E-state index in [2.05, 4.69) is 15.6 Å². The molecule has 0 radical (unpaired) electrons. The van der Waals surface area contributed by atoms with Crippen LogP contribution in [0.5, 0.6) is 5.75 Å². The first-order chi connectivity index (χ1) is 11.8. The van der Waals surface area contributed by atoms with Crippen LogP contribution in [0.4, 0.5) is 8.78 Å². The molecular formula is C17H27F2IN4O2. The number of hydrogen-bond acceptors (Lipinski definition) is 3. The fraction of sp³-hybridized carbons (Fsp3) is 0.529. The summed E-state index contributed by atoms with van der Waals surface area (Å²) in [7, 11) is 3.33. The minimum absolute atomic E-state index is 0. The van der Waals surface area contributed by atoms with Crippen LogP contribution >= 0.6 is 24.0 Å². The van der Waals surface area contributed by atoms with Crippen LogP contribution in [-0.4, -0.2) is 56.6 Å². The maximum Gasteiger partial charge on any atom is 0.243 e. The molecule has 0 saturated heterocycles. The van der Waals surface area contributed by atoms with Crippen LogP contribution in [0.15, 0.2) is 23.2 Å². The predicted molar refractivity (Wildman–Crippen MR) is 109 cm³/mol. The molecule has 1 rings (SSSR count). The molecule has 26 heavy (non-hydrogen) atoms. The second-order valence-electron chi connectivity index (χ2n) is 5.76. The van der Waals surface area contributed by atoms with Gasteiger partial charge in [-0.05, 0) is 25.5 Å². The lowest BCUT2D eigenvalue weighted by Gasteiger charge is -2.17. The zero-order valence-corrected chi connectivity index (χ0v) is 17.8. The number of nitrogens with zero attached hydrogens (tertiary/aromatic N) is 2. The number of likely N-dealkylation sites (N-methyl/N-ethyl adjacent to an activating group) is 1. The molecule has 1 amide bonds. The summed E-state index contributed by atoms with van der Waals surface area (Å²) >= 11 is 0. The molecule has 1 unspecified atom stereocenters. The molecular weight excluding hydrogens is 457 g/mol. The molecule has 0 bridgehead atoms. The molecule has 0 aromatic heterocycles. The van der Waals surface area contributed by atoms with Crippen LogP contribution in [0, 0.1) is 11.6 Å². The summed E-state index contributed by atoms with van der Waals surface area (Å²) in [4.78, 5) is 17.3. The van der Waals surface area contributed by atoms with E-state index in [1.54, 1.807) is 14.1 Å². The molecule has 0 saturated carbocycles. The number of aliphatic imine (C=N–C) groups is 1. The summed E-state index contributed by atoms with van der Waals surface area (Å²) in [6, 6.07) is 3.33. The zero-order chi connectivity index (χ0) is 18.8. The van der Waals surface area contributed by atoms with Crippen molar-refractivity contribution in [2.45, 2.75) is 26.3 Å². The molecule has 9 heteroatoms. The summed E-state index contributed by atoms with van der Waals surface area (Å²) in [5, 5.41) is 6.19. The van der Waals surface area contributed by atoms with E-state index < -0.39 is 11.6 Å². The highest BCUT2D eigenvalue weighted by Crippen LogP contribution is 2.17. The van der Waals surface area contributed by atoms with Crippen molar-refractivity contribution >= 4 is 35.8 Å². The van der Waals surface area contributed by atoms with Gasteiger partial charge in [-0.2, -0.15) is 0 Å². The average Bonchev–Trinajstić information content (AvgIpc) is 2.57. The topological polar surface area (TPSA) is 66.0 Å². The van der Waals surface area contributed by atoms with Crippen molar-refractivity contribution in [3.63, 3.8) is 0 Å². The van der Waals surface area contributed by atoms with Crippen molar-refractivity contribution in [1.82, 2.24) is 15.5 Å². The maximum absolute atomic E-state index is 13.5. The van der Waals surface area contributed by atoms with Crippen LogP contribution in [-0.2, 0) is 4.79 Å². The summed E-state index contributed by atoms with van der Waals surface area (Å²) in [5.41, 5.74) is 0. The summed E-state index contributed by atoms with van der Waals surface area (Å²) in [6.07, 6.45) is 0.889. The monoisotopic (exact) mass is 484 g/mol. The Morgan fingerprint density at radius 2 is 2.04 bits per heavy atom. The number of halogens is 3. The number of guanidine groups is 1. The number of nitrogens with one attached hydrogen (secondary N) is 2. The van der Waals surface area contributed by atoms with Gasteiger partial charge in [-0.1, -0.05) is 6.92 Å². The van der Waals surface area contributed by atoms with Gasteiger partial charge in [-0.15, -0.1) is 24.0 Å². The van der Waals surface area contributed by atoms with Crippen molar-refractivity contribution in [2.75, 3.05) is 33.8 Å². The molecule has 0 fully saturated rings. The molecule has 0 spiro atoms. The van der Waals surface area contributed by atoms with Gasteiger partial charge in [-0.25, -0.2) is 13.8 Å². The number of hydrogen-bond donors (Lipinski definition) is 2. The summed E-state index contributed by atoms with van der Waals surface area (Å²) in [5.74, 6) is -1.05. The molecule has 1 aromatic carbocycles. The second kappa shape index (κ2) is 12.7. The molecule has 2 N–H and O–H groups in total. The smallest absolute Gasteiger partial charge is 0.243 e. The van der Waals surface area contributed by atoms with Gasteiger partial charge in [0.2, 0.25) is 5.91 Å². The summed E-state index contributed by atoms with van der Waals surface area (Å²) in [6.45, 7) is 4.54. The zero-order valence-electron chi connectivity index (χ0n) is 15.5. The number of carbonyl (C=O) groups is 1. The maximum atomic E-state index is 13.5. The molecule has 0 aliphatic heterocycles. The minimum atomic E-state index is -0.747. The number of carbonyl (C=O) groups excluding carboxylic acids is 1. The Balaban J connectivity index is 0.00000625. The van der Waals surface area contributed by atoms with Crippen molar-refractivity contribution in [3.8, 4) is 5.75 Å². The number of rotatable bonds is 8. The molecule has 0 aliphatic carbocycles. The van der Waals surface area contributed by atoms with E-state index in [9.17, 15) is 13.6 Å². The largest absolute Gasteiger partial charge is 0.489 e. The van der Waals surface area contributed by atoms with Crippen LogP contribution < -0.4 is 15.4 Å². The van der Waals surface area contributed by atoms with E-state index in [0.29, 0.717) is 12.5 Å². The van der Waals surface area contributed by atoms with Gasteiger partial charge in [0.05, 0.1) is 6.54 Å². The molecule has 0 aliphatic rings. The van der Waals surface area contributed by atoms with Gasteiger partial charge in [0, 0.05) is 26.2 Å². The van der Waals surface area contributed by atoms with E-state index >= 15 is 0 Å². The number of amides is 1. The first-order valence-corrected chi connectivity index (χ1v) is 8.16. The van der Waals surface area contributed by atoms with Gasteiger partial charge in [-0.3, -0.25) is 4.79 Å². The lowest BCUT2D eigenvalue weighted by Crippen LogP contribution is -2.44. The predicted octanol–water partition coefficient (Wildman–Crippen LogP) is 2.38. The third-order valence-electron chi connectivity index (χ3n) is 3.41. The third-order valence-corrected chi connectivity index (χ3v) is 3.41. The van der Waals surface area contributed by atoms with Gasteiger partial charge >= 0.3 is 0 Å². The Morgan fingerprint density at radius 1 is 1.35 bits per heavy atom. The highest BCUT2D eigenvalue weighted by Gasteiger charge is 2.08. The highest BCUT2D eigenvalue weighted by atomic mass is 127. The van der Waals surface area contributed by atoms with Crippen LogP contribution in [0.3, 0.4) is 0 Å². The fourth-order valence-corrected chi connectivity index (χ4v) is 1.70. The minimum Gasteiger partial charge on any atom is -0.489 e. The van der Waals surface area contributed by atoms with E-state index in [0.717, 1.165) is 18.6 Å². The Kier molecular flexibility index (Phi) is 11.9. The molecule has 148 valence electrons. The standard InChI is InChI=1S/C17H26F2N4O2.HI/c1-5-12(2)22-17(21-11-16(24)23(3)4)20-8-9-25-15-7-6-13(18)10-14(15)19;/h6-7,10,12H,5,8-9,11H2,1-4H3,(H2,20,21,22);1H. The van der Waals surface area contributed by atoms with Gasteiger partial charge in [0.1, 0.15) is 19.0 Å². The summed E-state index contributed by atoms with van der Waals surface area (Å²) < 4.78 is 31.6. The van der Waals surface area contributed by atoms with Crippen molar-refractivity contribution in [3.05, 3.63) is 29.8 Å². The van der Waals surface area contributed by atoms with Crippen molar-refractivity contribution in [2.24, 2.45) is 4.99 Å². The molecule has 1 atom stereocenters. The van der Waals surface area contributed by atoms with Crippen LogP contribution in [0.25, 0.3) is 0 Å². The van der Waals surface area contributed by atoms with Gasteiger partial charge in [0.15, 0.2) is 17.5 Å². The van der Waals surface area contributed by atoms with E-state index in [-0.39, 0.29) is 54.8 Å².